The van der Waals surface area contributed by atoms with Gasteiger partial charge >= 0.3 is 0 Å². The zero-order chi connectivity index (χ0) is 13.1. The fourth-order valence-electron chi connectivity index (χ4n) is 1.67. The lowest BCUT2D eigenvalue weighted by Crippen LogP contribution is -2.12. The molecule has 0 saturated heterocycles. The Morgan fingerprint density at radius 2 is 2.11 bits per heavy atom. The monoisotopic (exact) mass is 328 g/mol. The summed E-state index contributed by atoms with van der Waals surface area (Å²) in [6.07, 6.45) is 1.66. The lowest BCUT2D eigenvalue weighted by molar-refractivity contribution is 0.516. The van der Waals surface area contributed by atoms with Crippen molar-refractivity contribution in [3.8, 4) is 0 Å². The van der Waals surface area contributed by atoms with E-state index in [-0.39, 0.29) is 0 Å². The molecule has 1 N–H and O–H groups in total. The van der Waals surface area contributed by atoms with Crippen molar-refractivity contribution in [1.82, 2.24) is 0 Å². The maximum atomic E-state index is 6.02. The van der Waals surface area contributed by atoms with Crippen molar-refractivity contribution in [1.29, 1.82) is 0 Å². The minimum atomic E-state index is 0.606. The number of nitrogens with one attached hydrogen (secondary N) is 1. The Morgan fingerprint density at radius 1 is 1.33 bits per heavy atom. The van der Waals surface area contributed by atoms with Crippen LogP contribution in [0.4, 0.5) is 11.4 Å². The largest absolute Gasteiger partial charge is 0.466 e. The van der Waals surface area contributed by atoms with Gasteiger partial charge < -0.3 is 14.6 Å². The fraction of sp³-hybridized carbons (Fsp3) is 0.231. The highest BCUT2D eigenvalue weighted by Crippen LogP contribution is 2.29. The Bertz CT molecular complexity index is 540. The first-order chi connectivity index (χ1) is 8.58. The Morgan fingerprint density at radius 3 is 2.72 bits per heavy atom. The molecule has 96 valence electrons. The topological polar surface area (TPSA) is 28.4 Å². The van der Waals surface area contributed by atoms with E-state index in [1.165, 1.54) is 0 Å². The molecule has 0 bridgehead atoms. The van der Waals surface area contributed by atoms with Gasteiger partial charge in [-0.2, -0.15) is 0 Å². The van der Waals surface area contributed by atoms with Gasteiger partial charge in [0.15, 0.2) is 0 Å². The third-order valence-corrected chi connectivity index (χ3v) is 3.51. The molecule has 0 atom stereocenters. The van der Waals surface area contributed by atoms with Crippen molar-refractivity contribution in [2.24, 2.45) is 0 Å². The molecular weight excluding hydrogens is 316 g/mol. The molecule has 0 radical (unpaired) electrons. The minimum Gasteiger partial charge on any atom is -0.466 e. The molecule has 0 saturated carbocycles. The second-order valence-corrected chi connectivity index (χ2v) is 5.39. The molecule has 0 aliphatic rings. The van der Waals surface area contributed by atoms with Gasteiger partial charge in [-0.15, -0.1) is 0 Å². The lowest BCUT2D eigenvalue weighted by atomic mass is 10.2. The SMILES string of the molecule is CN(C)c1ccc(Cl)cc1NCc1occc1Br. The highest BCUT2D eigenvalue weighted by Gasteiger charge is 2.08. The molecule has 0 amide bonds. The summed E-state index contributed by atoms with van der Waals surface area (Å²) in [5.41, 5.74) is 2.07. The van der Waals surface area contributed by atoms with E-state index in [0.29, 0.717) is 11.6 Å². The highest BCUT2D eigenvalue weighted by molar-refractivity contribution is 9.10. The molecule has 0 unspecified atom stereocenters. The molecule has 1 heterocycles. The average Bonchev–Trinajstić information content (AvgIpc) is 2.72. The molecule has 0 aliphatic heterocycles. The lowest BCUT2D eigenvalue weighted by Gasteiger charge is -2.18. The Hall–Kier alpha value is -1.13. The van der Waals surface area contributed by atoms with Gasteiger partial charge in [0.1, 0.15) is 5.76 Å². The number of halogens is 2. The van der Waals surface area contributed by atoms with Crippen LogP contribution in [0.1, 0.15) is 5.76 Å². The van der Waals surface area contributed by atoms with Gasteiger partial charge in [0.25, 0.3) is 0 Å². The van der Waals surface area contributed by atoms with Crippen LogP contribution < -0.4 is 10.2 Å². The first-order valence-electron chi connectivity index (χ1n) is 5.50. The Labute approximate surface area is 120 Å². The summed E-state index contributed by atoms with van der Waals surface area (Å²) in [6, 6.07) is 7.66. The Kier molecular flexibility index (Phi) is 4.19. The Balaban J connectivity index is 2.18. The predicted octanol–water partition coefficient (Wildman–Crippen LogP) is 4.37. The van der Waals surface area contributed by atoms with Crippen LogP contribution in [0.3, 0.4) is 0 Å². The van der Waals surface area contributed by atoms with Crippen LogP contribution in [0.2, 0.25) is 5.02 Å². The van der Waals surface area contributed by atoms with E-state index >= 15 is 0 Å². The zero-order valence-electron chi connectivity index (χ0n) is 10.2. The molecule has 0 fully saturated rings. The van der Waals surface area contributed by atoms with E-state index in [1.807, 2.05) is 43.3 Å². The van der Waals surface area contributed by atoms with Crippen LogP contribution in [0.5, 0.6) is 0 Å². The van der Waals surface area contributed by atoms with Crippen LogP contribution in [0.25, 0.3) is 0 Å². The highest BCUT2D eigenvalue weighted by atomic mass is 79.9. The van der Waals surface area contributed by atoms with Crippen molar-refractivity contribution >= 4 is 38.9 Å². The predicted molar refractivity (Wildman–Crippen MR) is 79.5 cm³/mol. The molecule has 5 heteroatoms. The van der Waals surface area contributed by atoms with Crippen LogP contribution in [0.15, 0.2) is 39.4 Å². The molecule has 1 aromatic heterocycles. The van der Waals surface area contributed by atoms with Gasteiger partial charge in [0.05, 0.1) is 28.7 Å². The van der Waals surface area contributed by atoms with Crippen molar-refractivity contribution in [2.45, 2.75) is 6.54 Å². The second kappa shape index (κ2) is 5.67. The van der Waals surface area contributed by atoms with Crippen molar-refractivity contribution in [2.75, 3.05) is 24.3 Å². The number of hydrogen-bond acceptors (Lipinski definition) is 3. The second-order valence-electron chi connectivity index (χ2n) is 4.10. The third kappa shape index (κ3) is 3.00. The standard InChI is InChI=1S/C13H14BrClN2O/c1-17(2)12-4-3-9(15)7-11(12)16-8-13-10(14)5-6-18-13/h3-7,16H,8H2,1-2H3. The first-order valence-corrected chi connectivity index (χ1v) is 6.67. The van der Waals surface area contributed by atoms with Gasteiger partial charge in [-0.05, 0) is 40.2 Å². The number of furan rings is 1. The third-order valence-electron chi connectivity index (χ3n) is 2.57. The molecular formula is C13H14BrClN2O. The average molecular weight is 330 g/mol. The molecule has 2 aromatic rings. The van der Waals surface area contributed by atoms with E-state index < -0.39 is 0 Å². The van der Waals surface area contributed by atoms with Crippen LogP contribution >= 0.6 is 27.5 Å². The number of hydrogen-bond donors (Lipinski definition) is 1. The van der Waals surface area contributed by atoms with Crippen LogP contribution in [-0.2, 0) is 6.54 Å². The summed E-state index contributed by atoms with van der Waals surface area (Å²) in [5.74, 6) is 0.861. The first kappa shape index (κ1) is 13.3. The van der Waals surface area contributed by atoms with Gasteiger partial charge in [0.2, 0.25) is 0 Å². The van der Waals surface area contributed by atoms with Crippen molar-refractivity contribution < 1.29 is 4.42 Å². The summed E-state index contributed by atoms with van der Waals surface area (Å²) < 4.78 is 6.32. The van der Waals surface area contributed by atoms with Gasteiger partial charge in [-0.25, -0.2) is 0 Å². The molecule has 0 aliphatic carbocycles. The zero-order valence-corrected chi connectivity index (χ0v) is 12.5. The number of anilines is 2. The summed E-state index contributed by atoms with van der Waals surface area (Å²) in [6.45, 7) is 0.606. The van der Waals surface area contributed by atoms with Crippen molar-refractivity contribution in [3.05, 3.63) is 45.8 Å². The van der Waals surface area contributed by atoms with E-state index in [4.69, 9.17) is 16.0 Å². The summed E-state index contributed by atoms with van der Waals surface area (Å²) in [7, 11) is 3.99. The van der Waals surface area contributed by atoms with Crippen molar-refractivity contribution in [3.63, 3.8) is 0 Å². The van der Waals surface area contributed by atoms with Gasteiger partial charge in [0, 0.05) is 19.1 Å². The molecule has 1 aromatic carbocycles. The molecule has 18 heavy (non-hydrogen) atoms. The van der Waals surface area contributed by atoms with E-state index in [1.54, 1.807) is 6.26 Å². The quantitative estimate of drug-likeness (QED) is 0.902. The summed E-state index contributed by atoms with van der Waals surface area (Å²) in [5, 5.41) is 4.04. The molecule has 3 nitrogen and oxygen atoms in total. The van der Waals surface area contributed by atoms with Gasteiger partial charge in [-0.1, -0.05) is 11.6 Å². The van der Waals surface area contributed by atoms with E-state index in [0.717, 1.165) is 21.6 Å². The summed E-state index contributed by atoms with van der Waals surface area (Å²) >= 11 is 9.45. The minimum absolute atomic E-state index is 0.606. The number of rotatable bonds is 4. The maximum Gasteiger partial charge on any atom is 0.136 e. The molecule has 2 rings (SSSR count). The van der Waals surface area contributed by atoms with E-state index in [2.05, 4.69) is 21.2 Å². The number of benzene rings is 1. The number of nitrogens with zero attached hydrogens (tertiary/aromatic N) is 1. The fourth-order valence-corrected chi connectivity index (χ4v) is 2.18. The molecule has 0 spiro atoms. The van der Waals surface area contributed by atoms with Crippen LogP contribution in [0, 0.1) is 0 Å². The van der Waals surface area contributed by atoms with Crippen LogP contribution in [-0.4, -0.2) is 14.1 Å². The maximum absolute atomic E-state index is 6.02. The van der Waals surface area contributed by atoms with Gasteiger partial charge in [-0.3, -0.25) is 0 Å². The normalized spacial score (nSPS) is 10.4. The smallest absolute Gasteiger partial charge is 0.136 e. The summed E-state index contributed by atoms with van der Waals surface area (Å²) in [4.78, 5) is 2.04. The van der Waals surface area contributed by atoms with E-state index in [9.17, 15) is 0 Å².